The summed E-state index contributed by atoms with van der Waals surface area (Å²) in [5.41, 5.74) is 1.07. The van der Waals surface area contributed by atoms with Crippen LogP contribution in [0.4, 0.5) is 0 Å². The van der Waals surface area contributed by atoms with Gasteiger partial charge in [-0.05, 0) is 18.4 Å². The SMILES string of the molecule is O=c1[nH]c(C2(c3ccccc3)CCC2)no1. The van der Waals surface area contributed by atoms with Gasteiger partial charge in [0.25, 0.3) is 0 Å². The molecule has 3 rings (SSSR count). The fourth-order valence-corrected chi connectivity index (χ4v) is 2.39. The molecule has 1 aromatic carbocycles. The predicted molar refractivity (Wildman–Crippen MR) is 58.2 cm³/mol. The molecule has 1 aliphatic rings. The van der Waals surface area contributed by atoms with E-state index in [4.69, 9.17) is 0 Å². The van der Waals surface area contributed by atoms with Crippen LogP contribution in [0, 0.1) is 0 Å². The maximum Gasteiger partial charge on any atom is 0.438 e. The van der Waals surface area contributed by atoms with Crippen LogP contribution in [0.1, 0.15) is 30.7 Å². The van der Waals surface area contributed by atoms with Gasteiger partial charge in [0.1, 0.15) is 0 Å². The number of aromatic nitrogens is 2. The van der Waals surface area contributed by atoms with Gasteiger partial charge in [0, 0.05) is 0 Å². The van der Waals surface area contributed by atoms with Gasteiger partial charge < -0.3 is 0 Å². The quantitative estimate of drug-likeness (QED) is 0.833. The number of benzene rings is 1. The lowest BCUT2D eigenvalue weighted by Gasteiger charge is -2.39. The zero-order valence-corrected chi connectivity index (χ0v) is 8.77. The van der Waals surface area contributed by atoms with Crippen LogP contribution in [0.3, 0.4) is 0 Å². The predicted octanol–water partition coefficient (Wildman–Crippen LogP) is 1.83. The Bertz CT molecular complexity index is 537. The molecule has 0 bridgehead atoms. The van der Waals surface area contributed by atoms with E-state index >= 15 is 0 Å². The summed E-state index contributed by atoms with van der Waals surface area (Å²) in [5.74, 6) is 0.187. The minimum absolute atomic E-state index is 0.132. The van der Waals surface area contributed by atoms with Gasteiger partial charge in [-0.25, -0.2) is 4.79 Å². The van der Waals surface area contributed by atoms with E-state index in [1.165, 1.54) is 5.56 Å². The van der Waals surface area contributed by atoms with E-state index in [1.807, 2.05) is 18.2 Å². The zero-order valence-electron chi connectivity index (χ0n) is 8.77. The van der Waals surface area contributed by atoms with Crippen LogP contribution in [-0.4, -0.2) is 10.1 Å². The smallest absolute Gasteiger partial charge is 0.296 e. The van der Waals surface area contributed by atoms with Gasteiger partial charge in [0.15, 0.2) is 5.82 Å². The van der Waals surface area contributed by atoms with Gasteiger partial charge in [-0.2, -0.15) is 0 Å². The van der Waals surface area contributed by atoms with Gasteiger partial charge in [-0.15, -0.1) is 0 Å². The first-order valence-electron chi connectivity index (χ1n) is 5.43. The first-order valence-corrected chi connectivity index (χ1v) is 5.43. The van der Waals surface area contributed by atoms with Crippen molar-refractivity contribution in [2.45, 2.75) is 24.7 Å². The summed E-state index contributed by atoms with van der Waals surface area (Å²) < 4.78 is 4.61. The van der Waals surface area contributed by atoms with Crippen molar-refractivity contribution in [3.63, 3.8) is 0 Å². The van der Waals surface area contributed by atoms with Crippen molar-refractivity contribution >= 4 is 0 Å². The normalized spacial score (nSPS) is 18.0. The largest absolute Gasteiger partial charge is 0.438 e. The van der Waals surface area contributed by atoms with Crippen LogP contribution in [0.5, 0.6) is 0 Å². The fourth-order valence-electron chi connectivity index (χ4n) is 2.39. The highest BCUT2D eigenvalue weighted by molar-refractivity contribution is 5.34. The Morgan fingerprint density at radius 1 is 1.25 bits per heavy atom. The standard InChI is InChI=1S/C12H12N2O2/c15-11-13-10(14-16-11)12(7-4-8-12)9-5-2-1-3-6-9/h1-3,5-6H,4,7-8H2,(H,13,14,15). The summed E-state index contributed by atoms with van der Waals surface area (Å²) >= 11 is 0. The Morgan fingerprint density at radius 2 is 2.00 bits per heavy atom. The molecule has 0 radical (unpaired) electrons. The first kappa shape index (κ1) is 9.39. The third kappa shape index (κ3) is 1.23. The van der Waals surface area contributed by atoms with Crippen molar-refractivity contribution in [3.8, 4) is 0 Å². The topological polar surface area (TPSA) is 58.9 Å². The van der Waals surface area contributed by atoms with Gasteiger partial charge in [-0.1, -0.05) is 41.9 Å². The Labute approximate surface area is 92.3 Å². The van der Waals surface area contributed by atoms with E-state index in [-0.39, 0.29) is 5.41 Å². The van der Waals surface area contributed by atoms with Crippen LogP contribution >= 0.6 is 0 Å². The summed E-state index contributed by atoms with van der Waals surface area (Å²) in [6, 6.07) is 10.2. The maximum atomic E-state index is 11.0. The Kier molecular flexibility index (Phi) is 1.96. The Hall–Kier alpha value is -1.84. The second-order valence-corrected chi connectivity index (χ2v) is 4.25. The highest BCUT2D eigenvalue weighted by Gasteiger charge is 2.43. The first-order chi connectivity index (χ1) is 7.81. The second kappa shape index (κ2) is 3.33. The molecule has 0 saturated heterocycles. The van der Waals surface area contributed by atoms with Crippen molar-refractivity contribution in [1.29, 1.82) is 0 Å². The van der Waals surface area contributed by atoms with Crippen LogP contribution in [-0.2, 0) is 5.41 Å². The monoisotopic (exact) mass is 216 g/mol. The van der Waals surface area contributed by atoms with Crippen molar-refractivity contribution in [1.82, 2.24) is 10.1 Å². The van der Waals surface area contributed by atoms with Crippen LogP contribution in [0.2, 0.25) is 0 Å². The van der Waals surface area contributed by atoms with E-state index < -0.39 is 5.76 Å². The number of hydrogen-bond donors (Lipinski definition) is 1. The summed E-state index contributed by atoms with van der Waals surface area (Å²) in [7, 11) is 0. The average molecular weight is 216 g/mol. The van der Waals surface area contributed by atoms with Gasteiger partial charge in [0.05, 0.1) is 5.41 Å². The van der Waals surface area contributed by atoms with E-state index in [0.717, 1.165) is 19.3 Å². The molecule has 0 unspecified atom stereocenters. The van der Waals surface area contributed by atoms with Crippen molar-refractivity contribution < 1.29 is 4.52 Å². The molecule has 0 amide bonds. The summed E-state index contributed by atoms with van der Waals surface area (Å²) in [6.07, 6.45) is 3.18. The summed E-state index contributed by atoms with van der Waals surface area (Å²) in [5, 5.41) is 3.84. The summed E-state index contributed by atoms with van der Waals surface area (Å²) in [4.78, 5) is 13.7. The Morgan fingerprint density at radius 3 is 2.50 bits per heavy atom. The molecule has 4 nitrogen and oxygen atoms in total. The van der Waals surface area contributed by atoms with E-state index in [2.05, 4.69) is 26.8 Å². The molecule has 1 saturated carbocycles. The van der Waals surface area contributed by atoms with Crippen molar-refractivity contribution in [2.24, 2.45) is 0 Å². The molecule has 0 aliphatic heterocycles. The average Bonchev–Trinajstić information content (AvgIpc) is 2.65. The highest BCUT2D eigenvalue weighted by Crippen LogP contribution is 2.47. The maximum absolute atomic E-state index is 11.0. The number of hydrogen-bond acceptors (Lipinski definition) is 3. The van der Waals surface area contributed by atoms with E-state index in [0.29, 0.717) is 5.82 Å². The number of rotatable bonds is 2. The van der Waals surface area contributed by atoms with Gasteiger partial charge >= 0.3 is 5.76 Å². The van der Waals surface area contributed by atoms with E-state index in [1.54, 1.807) is 0 Å². The molecule has 1 aromatic heterocycles. The molecule has 1 aliphatic carbocycles. The van der Waals surface area contributed by atoms with Crippen LogP contribution in [0.25, 0.3) is 0 Å². The fraction of sp³-hybridized carbons (Fsp3) is 0.333. The Balaban J connectivity index is 2.10. The molecule has 0 atom stereocenters. The molecular weight excluding hydrogens is 204 g/mol. The summed E-state index contributed by atoms with van der Waals surface area (Å²) in [6.45, 7) is 0. The molecule has 1 N–H and O–H groups in total. The van der Waals surface area contributed by atoms with Gasteiger partial charge in [0.2, 0.25) is 0 Å². The lowest BCUT2D eigenvalue weighted by molar-refractivity contribution is 0.271. The molecule has 4 heteroatoms. The number of nitrogens with zero attached hydrogens (tertiary/aromatic N) is 1. The number of H-pyrrole nitrogens is 1. The highest BCUT2D eigenvalue weighted by atomic mass is 16.5. The minimum Gasteiger partial charge on any atom is -0.296 e. The molecule has 1 heterocycles. The third-order valence-electron chi connectivity index (χ3n) is 3.43. The lowest BCUT2D eigenvalue weighted by atomic mass is 9.64. The number of nitrogens with one attached hydrogen (secondary N) is 1. The zero-order chi connectivity index (χ0) is 11.0. The van der Waals surface area contributed by atoms with Crippen molar-refractivity contribution in [2.75, 3.05) is 0 Å². The van der Waals surface area contributed by atoms with Crippen LogP contribution < -0.4 is 5.76 Å². The molecular formula is C12H12N2O2. The van der Waals surface area contributed by atoms with E-state index in [9.17, 15) is 4.79 Å². The van der Waals surface area contributed by atoms with Crippen LogP contribution in [0.15, 0.2) is 39.6 Å². The van der Waals surface area contributed by atoms with Crippen molar-refractivity contribution in [3.05, 3.63) is 52.3 Å². The molecule has 16 heavy (non-hydrogen) atoms. The molecule has 0 spiro atoms. The molecule has 1 fully saturated rings. The molecule has 82 valence electrons. The lowest BCUT2D eigenvalue weighted by Crippen LogP contribution is -2.36. The minimum atomic E-state index is -0.475. The number of aromatic amines is 1. The third-order valence-corrected chi connectivity index (χ3v) is 3.43. The molecule has 2 aromatic rings. The van der Waals surface area contributed by atoms with Gasteiger partial charge in [-0.3, -0.25) is 9.51 Å². The second-order valence-electron chi connectivity index (χ2n) is 4.25.